The van der Waals surface area contributed by atoms with Gasteiger partial charge >= 0.3 is 5.97 Å². The quantitative estimate of drug-likeness (QED) is 0.813. The molecule has 24 heavy (non-hydrogen) atoms. The Labute approximate surface area is 142 Å². The molecule has 2 saturated carbocycles. The van der Waals surface area contributed by atoms with Crippen molar-refractivity contribution in [2.24, 2.45) is 5.92 Å². The molecule has 2 fully saturated rings. The molecule has 0 spiro atoms. The third-order valence-corrected chi connectivity index (χ3v) is 5.38. The number of aliphatic carboxylic acids is 1. The molecule has 0 heterocycles. The molecule has 0 aromatic heterocycles. The zero-order chi connectivity index (χ0) is 17.2. The molecule has 2 N–H and O–H groups in total. The fraction of sp³-hybridized carbons (Fsp3) is 0.579. The number of amides is 1. The Morgan fingerprint density at radius 1 is 1.21 bits per heavy atom. The summed E-state index contributed by atoms with van der Waals surface area (Å²) in [5.74, 6) is -0.193. The van der Waals surface area contributed by atoms with Gasteiger partial charge in [0.15, 0.2) is 0 Å². The molecule has 2 atom stereocenters. The van der Waals surface area contributed by atoms with Gasteiger partial charge in [-0.3, -0.25) is 4.79 Å². The molecule has 130 valence electrons. The molecular formula is C19H25NO4. The van der Waals surface area contributed by atoms with Crippen molar-refractivity contribution in [3.8, 4) is 5.75 Å². The highest BCUT2D eigenvalue weighted by Crippen LogP contribution is 2.48. The van der Waals surface area contributed by atoms with E-state index in [9.17, 15) is 14.7 Å². The zero-order valence-corrected chi connectivity index (χ0v) is 14.1. The Kier molecular flexibility index (Phi) is 4.78. The highest BCUT2D eigenvalue weighted by molar-refractivity contribution is 5.90. The standard InChI is InChI=1S/C19H25NO4/c1-24-14-8-6-7-13(11-14)15-12-16(15)17(21)20-19(18(22)23)9-4-2-3-5-10-19/h6-8,11,15-16H,2-5,9-10,12H2,1H3,(H,20,21)(H,22,23). The van der Waals surface area contributed by atoms with Gasteiger partial charge in [0.25, 0.3) is 0 Å². The highest BCUT2D eigenvalue weighted by Gasteiger charge is 2.48. The minimum atomic E-state index is -1.07. The highest BCUT2D eigenvalue weighted by atomic mass is 16.5. The van der Waals surface area contributed by atoms with E-state index in [4.69, 9.17) is 4.74 Å². The molecule has 1 aromatic carbocycles. The van der Waals surface area contributed by atoms with Gasteiger partial charge in [0.1, 0.15) is 11.3 Å². The second kappa shape index (κ2) is 6.83. The van der Waals surface area contributed by atoms with Crippen LogP contribution in [0.1, 0.15) is 56.4 Å². The van der Waals surface area contributed by atoms with E-state index in [2.05, 4.69) is 5.32 Å². The van der Waals surface area contributed by atoms with Gasteiger partial charge < -0.3 is 15.2 Å². The lowest BCUT2D eigenvalue weighted by atomic mass is 9.90. The number of carboxylic acids is 1. The first-order valence-electron chi connectivity index (χ1n) is 8.75. The van der Waals surface area contributed by atoms with Crippen LogP contribution in [-0.4, -0.2) is 29.6 Å². The molecule has 3 rings (SSSR count). The van der Waals surface area contributed by atoms with Gasteiger partial charge in [0, 0.05) is 5.92 Å². The van der Waals surface area contributed by atoms with Crippen molar-refractivity contribution in [1.29, 1.82) is 0 Å². The number of ether oxygens (including phenoxy) is 1. The van der Waals surface area contributed by atoms with Gasteiger partial charge in [-0.15, -0.1) is 0 Å². The first-order valence-corrected chi connectivity index (χ1v) is 8.75. The molecular weight excluding hydrogens is 306 g/mol. The first kappa shape index (κ1) is 16.8. The van der Waals surface area contributed by atoms with Gasteiger partial charge in [0.2, 0.25) is 5.91 Å². The fourth-order valence-corrected chi connectivity index (χ4v) is 3.78. The second-order valence-electron chi connectivity index (χ2n) is 7.02. The van der Waals surface area contributed by atoms with Crippen molar-refractivity contribution in [2.45, 2.75) is 56.4 Å². The number of carboxylic acid groups (broad SMARTS) is 1. The van der Waals surface area contributed by atoms with Crippen LogP contribution in [0.2, 0.25) is 0 Å². The molecule has 0 aliphatic heterocycles. The predicted octanol–water partition coefficient (Wildman–Crippen LogP) is 3.09. The summed E-state index contributed by atoms with van der Waals surface area (Å²) in [6.07, 6.45) is 5.64. The van der Waals surface area contributed by atoms with Gasteiger partial charge in [-0.1, -0.05) is 37.8 Å². The SMILES string of the molecule is COc1cccc(C2CC2C(=O)NC2(C(=O)O)CCCCCC2)c1. The summed E-state index contributed by atoms with van der Waals surface area (Å²) in [7, 11) is 1.62. The smallest absolute Gasteiger partial charge is 0.329 e. The molecule has 1 amide bonds. The Morgan fingerprint density at radius 3 is 2.54 bits per heavy atom. The second-order valence-corrected chi connectivity index (χ2v) is 7.02. The van der Waals surface area contributed by atoms with Crippen molar-refractivity contribution >= 4 is 11.9 Å². The minimum absolute atomic E-state index is 0.118. The minimum Gasteiger partial charge on any atom is -0.497 e. The van der Waals surface area contributed by atoms with Crippen LogP contribution in [0.3, 0.4) is 0 Å². The van der Waals surface area contributed by atoms with E-state index in [-0.39, 0.29) is 17.7 Å². The van der Waals surface area contributed by atoms with E-state index in [0.717, 1.165) is 43.4 Å². The van der Waals surface area contributed by atoms with Crippen molar-refractivity contribution in [3.63, 3.8) is 0 Å². The van der Waals surface area contributed by atoms with Crippen LogP contribution >= 0.6 is 0 Å². The van der Waals surface area contributed by atoms with Crippen molar-refractivity contribution in [3.05, 3.63) is 29.8 Å². The lowest BCUT2D eigenvalue weighted by molar-refractivity contribution is -0.148. The van der Waals surface area contributed by atoms with Crippen molar-refractivity contribution in [1.82, 2.24) is 5.32 Å². The summed E-state index contributed by atoms with van der Waals surface area (Å²) >= 11 is 0. The van der Waals surface area contributed by atoms with E-state index < -0.39 is 11.5 Å². The van der Waals surface area contributed by atoms with Crippen LogP contribution in [0, 0.1) is 5.92 Å². The monoisotopic (exact) mass is 331 g/mol. The average molecular weight is 331 g/mol. The number of rotatable bonds is 5. The number of carbonyl (C=O) groups is 2. The summed E-state index contributed by atoms with van der Waals surface area (Å²) in [4.78, 5) is 24.4. The number of hydrogen-bond acceptors (Lipinski definition) is 3. The zero-order valence-electron chi connectivity index (χ0n) is 14.1. The van der Waals surface area contributed by atoms with Crippen LogP contribution in [0.5, 0.6) is 5.75 Å². The summed E-state index contributed by atoms with van der Waals surface area (Å²) in [6, 6.07) is 7.76. The van der Waals surface area contributed by atoms with Crippen LogP contribution in [0.25, 0.3) is 0 Å². The lowest BCUT2D eigenvalue weighted by Gasteiger charge is -2.29. The van der Waals surface area contributed by atoms with E-state index >= 15 is 0 Å². The van der Waals surface area contributed by atoms with E-state index in [0.29, 0.717) is 12.8 Å². The van der Waals surface area contributed by atoms with Crippen molar-refractivity contribution in [2.75, 3.05) is 7.11 Å². The van der Waals surface area contributed by atoms with Crippen LogP contribution in [0.4, 0.5) is 0 Å². The summed E-state index contributed by atoms with van der Waals surface area (Å²) < 4.78 is 5.23. The molecule has 5 heteroatoms. The van der Waals surface area contributed by atoms with E-state index in [1.807, 2.05) is 24.3 Å². The Hall–Kier alpha value is -2.04. The number of methoxy groups -OCH3 is 1. The fourth-order valence-electron chi connectivity index (χ4n) is 3.78. The molecule has 2 aliphatic rings. The molecule has 5 nitrogen and oxygen atoms in total. The first-order chi connectivity index (χ1) is 11.6. The van der Waals surface area contributed by atoms with Crippen molar-refractivity contribution < 1.29 is 19.4 Å². The van der Waals surface area contributed by atoms with E-state index in [1.54, 1.807) is 7.11 Å². The molecule has 1 aromatic rings. The lowest BCUT2D eigenvalue weighted by Crippen LogP contribution is -2.54. The summed E-state index contributed by atoms with van der Waals surface area (Å²) in [5.41, 5.74) is 0.00879. The maximum absolute atomic E-state index is 12.6. The van der Waals surface area contributed by atoms with E-state index in [1.165, 1.54) is 0 Å². The predicted molar refractivity (Wildman–Crippen MR) is 90.1 cm³/mol. The third-order valence-electron chi connectivity index (χ3n) is 5.38. The van der Waals surface area contributed by atoms with Gasteiger partial charge in [-0.25, -0.2) is 4.79 Å². The average Bonchev–Trinajstić information content (AvgIpc) is 3.39. The largest absolute Gasteiger partial charge is 0.497 e. The van der Waals surface area contributed by atoms with Crippen LogP contribution in [0.15, 0.2) is 24.3 Å². The normalized spacial score (nSPS) is 25.4. The Morgan fingerprint density at radius 2 is 1.92 bits per heavy atom. The maximum Gasteiger partial charge on any atom is 0.329 e. The number of benzene rings is 1. The van der Waals surface area contributed by atoms with Gasteiger partial charge in [0.05, 0.1) is 7.11 Å². The van der Waals surface area contributed by atoms with Crippen LogP contribution in [-0.2, 0) is 9.59 Å². The van der Waals surface area contributed by atoms with Crippen LogP contribution < -0.4 is 10.1 Å². The summed E-state index contributed by atoms with van der Waals surface area (Å²) in [6.45, 7) is 0. The number of nitrogens with one attached hydrogen (secondary N) is 1. The summed E-state index contributed by atoms with van der Waals surface area (Å²) in [5, 5.41) is 12.6. The number of hydrogen-bond donors (Lipinski definition) is 2. The molecule has 2 unspecified atom stereocenters. The number of carbonyl (C=O) groups excluding carboxylic acids is 1. The molecule has 0 radical (unpaired) electrons. The topological polar surface area (TPSA) is 75.6 Å². The molecule has 0 bridgehead atoms. The Bertz CT molecular complexity index is 620. The third kappa shape index (κ3) is 3.40. The van der Waals surface area contributed by atoms with Gasteiger partial charge in [-0.2, -0.15) is 0 Å². The molecule has 2 aliphatic carbocycles. The van der Waals surface area contributed by atoms with Gasteiger partial charge in [-0.05, 0) is 42.9 Å². The maximum atomic E-state index is 12.6. The Balaban J connectivity index is 1.67. The molecule has 0 saturated heterocycles.